The lowest BCUT2D eigenvalue weighted by Crippen LogP contribution is -2.26. The van der Waals surface area contributed by atoms with Crippen molar-refractivity contribution in [2.24, 2.45) is 0 Å². The highest BCUT2D eigenvalue weighted by molar-refractivity contribution is 7.15. The summed E-state index contributed by atoms with van der Waals surface area (Å²) in [6.07, 6.45) is 2.30. The quantitative estimate of drug-likeness (QED) is 0.224. The first-order valence-electron chi connectivity index (χ1n) is 13.6. The average Bonchev–Trinajstić information content (AvgIpc) is 3.49. The van der Waals surface area contributed by atoms with Gasteiger partial charge in [-0.2, -0.15) is 13.2 Å². The number of benzene rings is 2. The van der Waals surface area contributed by atoms with Gasteiger partial charge in [-0.1, -0.05) is 30.1 Å². The summed E-state index contributed by atoms with van der Waals surface area (Å²) in [5.74, 6) is 0.560. The number of halogens is 3. The lowest BCUT2D eigenvalue weighted by molar-refractivity contribution is -0.137. The van der Waals surface area contributed by atoms with Gasteiger partial charge in [-0.05, 0) is 69.6 Å². The minimum atomic E-state index is -4.39. The molecular weight excluding hydrogens is 557 g/mol. The molecule has 3 heterocycles. The molecule has 0 unspecified atom stereocenters. The summed E-state index contributed by atoms with van der Waals surface area (Å²) in [5, 5.41) is 4.37. The number of thiazole rings is 1. The largest absolute Gasteiger partial charge is 0.496 e. The molecule has 41 heavy (non-hydrogen) atoms. The number of hydrogen-bond acceptors (Lipinski definition) is 8. The maximum absolute atomic E-state index is 13.1. The second-order valence-electron chi connectivity index (χ2n) is 9.92. The standard InChI is InChI=1S/C29H31F3N4O4S/c1-38-24-17-21(12-13-22(24)26-34-28(37)40-35-26)39-18-25-23(7-6-16-36-14-4-2-3-5-15-36)33-27(41-25)19-8-10-20(11-9-19)29(30,31)32/h8-13,17H,2-7,14-16,18H2,1H3,(H,34,35,37). The van der Waals surface area contributed by atoms with Gasteiger partial charge in [0.05, 0.1) is 28.8 Å². The fourth-order valence-electron chi connectivity index (χ4n) is 4.90. The number of likely N-dealkylation sites (tertiary alicyclic amines) is 1. The van der Waals surface area contributed by atoms with Crippen molar-refractivity contribution in [3.63, 3.8) is 0 Å². The fraction of sp³-hybridized carbons (Fsp3) is 0.414. The van der Waals surface area contributed by atoms with E-state index in [1.54, 1.807) is 18.2 Å². The number of aromatic nitrogens is 3. The highest BCUT2D eigenvalue weighted by Gasteiger charge is 2.30. The summed E-state index contributed by atoms with van der Waals surface area (Å²) in [4.78, 5) is 22.1. The number of H-pyrrole nitrogens is 1. The van der Waals surface area contributed by atoms with E-state index in [1.165, 1.54) is 56.3 Å². The second kappa shape index (κ2) is 12.9. The second-order valence-corrected chi connectivity index (χ2v) is 11.0. The summed E-state index contributed by atoms with van der Waals surface area (Å²) in [5.41, 5.74) is 1.38. The summed E-state index contributed by atoms with van der Waals surface area (Å²) in [6.45, 7) is 3.45. The molecule has 2 aromatic heterocycles. The van der Waals surface area contributed by atoms with Crippen LogP contribution in [0.3, 0.4) is 0 Å². The molecule has 0 bridgehead atoms. The van der Waals surface area contributed by atoms with E-state index in [0.29, 0.717) is 27.6 Å². The molecule has 0 aliphatic carbocycles. The van der Waals surface area contributed by atoms with E-state index in [0.717, 1.165) is 55.2 Å². The molecule has 5 rings (SSSR count). The third-order valence-corrected chi connectivity index (χ3v) is 8.18. The number of methoxy groups -OCH3 is 1. The molecule has 0 saturated carbocycles. The van der Waals surface area contributed by atoms with Crippen LogP contribution in [0.4, 0.5) is 13.2 Å². The molecule has 0 atom stereocenters. The van der Waals surface area contributed by atoms with Gasteiger partial charge < -0.3 is 14.4 Å². The monoisotopic (exact) mass is 588 g/mol. The van der Waals surface area contributed by atoms with Gasteiger partial charge in [-0.3, -0.25) is 9.51 Å². The van der Waals surface area contributed by atoms with Crippen LogP contribution in [0.1, 0.15) is 48.2 Å². The van der Waals surface area contributed by atoms with Crippen LogP contribution in [-0.4, -0.2) is 46.8 Å². The number of rotatable bonds is 10. The zero-order chi connectivity index (χ0) is 28.8. The number of nitrogens with zero attached hydrogens (tertiary/aromatic N) is 3. The first kappa shape index (κ1) is 28.9. The van der Waals surface area contributed by atoms with Crippen LogP contribution >= 0.6 is 11.3 Å². The van der Waals surface area contributed by atoms with Crippen LogP contribution in [-0.2, 0) is 19.2 Å². The topological polar surface area (TPSA) is 93.5 Å². The number of nitrogens with one attached hydrogen (secondary N) is 1. The van der Waals surface area contributed by atoms with Gasteiger partial charge in [-0.25, -0.2) is 9.78 Å². The highest BCUT2D eigenvalue weighted by atomic mass is 32.1. The molecule has 1 fully saturated rings. The zero-order valence-corrected chi connectivity index (χ0v) is 23.4. The third kappa shape index (κ3) is 7.36. The van der Waals surface area contributed by atoms with E-state index in [-0.39, 0.29) is 12.4 Å². The lowest BCUT2D eigenvalue weighted by Gasteiger charge is -2.19. The van der Waals surface area contributed by atoms with Crippen LogP contribution in [0.2, 0.25) is 0 Å². The van der Waals surface area contributed by atoms with Gasteiger partial charge in [0.2, 0.25) is 0 Å². The molecule has 8 nitrogen and oxygen atoms in total. The van der Waals surface area contributed by atoms with Gasteiger partial charge in [0.25, 0.3) is 0 Å². The zero-order valence-electron chi connectivity index (χ0n) is 22.6. The van der Waals surface area contributed by atoms with Crippen molar-refractivity contribution in [2.75, 3.05) is 26.7 Å². The smallest absolute Gasteiger partial charge is 0.439 e. The normalized spacial score (nSPS) is 14.6. The molecule has 1 aliphatic rings. The van der Waals surface area contributed by atoms with E-state index in [4.69, 9.17) is 14.5 Å². The van der Waals surface area contributed by atoms with Crippen molar-refractivity contribution in [3.8, 4) is 33.5 Å². The maximum Gasteiger partial charge on any atom is 0.439 e. The summed E-state index contributed by atoms with van der Waals surface area (Å²) in [6, 6.07) is 10.2. The van der Waals surface area contributed by atoms with Crippen LogP contribution in [0, 0.1) is 0 Å². The fourth-order valence-corrected chi connectivity index (χ4v) is 5.92. The highest BCUT2D eigenvalue weighted by Crippen LogP contribution is 2.35. The SMILES string of the molecule is COc1cc(OCc2sc(-c3ccc(C(F)(F)F)cc3)nc2CCCN2CCCCCC2)ccc1-c1noc(=O)[nH]1. The molecule has 12 heteroatoms. The van der Waals surface area contributed by atoms with Crippen molar-refractivity contribution < 1.29 is 27.2 Å². The van der Waals surface area contributed by atoms with Gasteiger partial charge in [-0.15, -0.1) is 11.3 Å². The third-order valence-electron chi connectivity index (χ3n) is 7.06. The Hall–Kier alpha value is -3.64. The average molecular weight is 589 g/mol. The summed E-state index contributed by atoms with van der Waals surface area (Å²) < 4.78 is 55.4. The number of aromatic amines is 1. The van der Waals surface area contributed by atoms with Gasteiger partial charge in [0.15, 0.2) is 5.82 Å². The van der Waals surface area contributed by atoms with Crippen LogP contribution < -0.4 is 15.2 Å². The van der Waals surface area contributed by atoms with Crippen molar-refractivity contribution in [2.45, 2.75) is 51.3 Å². The van der Waals surface area contributed by atoms with E-state index in [1.807, 2.05) is 0 Å². The first-order valence-corrected chi connectivity index (χ1v) is 14.4. The Kier molecular flexibility index (Phi) is 9.09. The van der Waals surface area contributed by atoms with Crippen LogP contribution in [0.5, 0.6) is 11.5 Å². The summed E-state index contributed by atoms with van der Waals surface area (Å²) in [7, 11) is 1.50. The molecule has 1 N–H and O–H groups in total. The first-order chi connectivity index (χ1) is 19.8. The molecule has 4 aromatic rings. The maximum atomic E-state index is 13.1. The van der Waals surface area contributed by atoms with E-state index in [9.17, 15) is 18.0 Å². The molecule has 1 aliphatic heterocycles. The van der Waals surface area contributed by atoms with Crippen LogP contribution in [0.25, 0.3) is 22.0 Å². The minimum absolute atomic E-state index is 0.237. The van der Waals surface area contributed by atoms with Crippen molar-refractivity contribution >= 4 is 11.3 Å². The number of alkyl halides is 3. The molecule has 2 aromatic carbocycles. The van der Waals surface area contributed by atoms with E-state index < -0.39 is 17.5 Å². The predicted octanol–water partition coefficient (Wildman–Crippen LogP) is 6.57. The van der Waals surface area contributed by atoms with E-state index >= 15 is 0 Å². The minimum Gasteiger partial charge on any atom is -0.496 e. The molecule has 0 radical (unpaired) electrons. The molecular formula is C29H31F3N4O4S. The van der Waals surface area contributed by atoms with Gasteiger partial charge in [0, 0.05) is 11.6 Å². The number of aryl methyl sites for hydroxylation is 1. The van der Waals surface area contributed by atoms with Crippen molar-refractivity contribution in [1.29, 1.82) is 0 Å². The lowest BCUT2D eigenvalue weighted by atomic mass is 10.1. The number of hydrogen-bond donors (Lipinski definition) is 1. The van der Waals surface area contributed by atoms with E-state index in [2.05, 4.69) is 19.6 Å². The Bertz CT molecular complexity index is 1490. The predicted molar refractivity (Wildman–Crippen MR) is 149 cm³/mol. The Morgan fingerprint density at radius 3 is 2.49 bits per heavy atom. The van der Waals surface area contributed by atoms with Crippen molar-refractivity contribution in [1.82, 2.24) is 20.0 Å². The Labute approximate surface area is 239 Å². The van der Waals surface area contributed by atoms with Crippen molar-refractivity contribution in [3.05, 3.63) is 69.1 Å². The van der Waals surface area contributed by atoms with Gasteiger partial charge >= 0.3 is 11.9 Å². The molecule has 1 saturated heterocycles. The Morgan fingerprint density at radius 1 is 1.07 bits per heavy atom. The van der Waals surface area contributed by atoms with Crippen LogP contribution in [0.15, 0.2) is 51.8 Å². The Balaban J connectivity index is 1.33. The molecule has 218 valence electrons. The molecule has 0 amide bonds. The van der Waals surface area contributed by atoms with Gasteiger partial charge in [0.1, 0.15) is 23.1 Å². The Morgan fingerprint density at radius 2 is 1.83 bits per heavy atom. The summed E-state index contributed by atoms with van der Waals surface area (Å²) >= 11 is 1.42. The number of ether oxygens (including phenoxy) is 2. The molecule has 0 spiro atoms.